The smallest absolute Gasteiger partial charge is 0.308 e. The standard InChI is InChI=1S/C13H18N2O4S/c1-19-13(16)11-7-9-15(10-8-11)20(17,18)14-12-5-3-2-4-6-12/h2-6,11,14H,7-10H2,1H3. The minimum absolute atomic E-state index is 0.205. The Hall–Kier alpha value is -1.60. The van der Waals surface area contributed by atoms with Crippen molar-refractivity contribution in [3.63, 3.8) is 0 Å². The lowest BCUT2D eigenvalue weighted by Crippen LogP contribution is -2.43. The lowest BCUT2D eigenvalue weighted by atomic mass is 9.99. The number of carbonyl (C=O) groups excluding carboxylic acids is 1. The van der Waals surface area contributed by atoms with E-state index in [0.29, 0.717) is 31.6 Å². The molecular formula is C13H18N2O4S. The van der Waals surface area contributed by atoms with E-state index < -0.39 is 10.2 Å². The maximum absolute atomic E-state index is 12.2. The van der Waals surface area contributed by atoms with Crippen molar-refractivity contribution in [2.75, 3.05) is 24.9 Å². The summed E-state index contributed by atoms with van der Waals surface area (Å²) in [5, 5.41) is 0. The van der Waals surface area contributed by atoms with Crippen LogP contribution >= 0.6 is 0 Å². The van der Waals surface area contributed by atoms with Crippen LogP contribution in [-0.4, -0.2) is 38.9 Å². The predicted octanol–water partition coefficient (Wildman–Crippen LogP) is 1.23. The zero-order valence-corrected chi connectivity index (χ0v) is 12.1. The number of nitrogens with zero attached hydrogens (tertiary/aromatic N) is 1. The van der Waals surface area contributed by atoms with Gasteiger partial charge in [0.05, 0.1) is 13.0 Å². The summed E-state index contributed by atoms with van der Waals surface area (Å²) in [6, 6.07) is 8.74. The Balaban J connectivity index is 1.97. The van der Waals surface area contributed by atoms with Gasteiger partial charge >= 0.3 is 16.2 Å². The second-order valence-corrected chi connectivity index (χ2v) is 6.34. The van der Waals surface area contributed by atoms with E-state index >= 15 is 0 Å². The molecule has 0 radical (unpaired) electrons. The second kappa shape index (κ2) is 6.23. The predicted molar refractivity (Wildman–Crippen MR) is 75.3 cm³/mol. The van der Waals surface area contributed by atoms with Gasteiger partial charge in [-0.25, -0.2) is 0 Å². The van der Waals surface area contributed by atoms with E-state index in [1.807, 2.05) is 6.07 Å². The van der Waals surface area contributed by atoms with Crippen LogP contribution in [0.1, 0.15) is 12.8 Å². The van der Waals surface area contributed by atoms with Gasteiger partial charge in [-0.05, 0) is 25.0 Å². The Bertz CT molecular complexity index is 551. The molecule has 1 aromatic rings. The molecule has 1 heterocycles. The number of para-hydroxylation sites is 1. The maximum atomic E-state index is 12.2. The third kappa shape index (κ3) is 3.49. The van der Waals surface area contributed by atoms with Gasteiger partial charge in [0, 0.05) is 18.8 Å². The molecule has 1 N–H and O–H groups in total. The normalized spacial score (nSPS) is 17.6. The molecule has 6 nitrogen and oxygen atoms in total. The van der Waals surface area contributed by atoms with E-state index in [1.165, 1.54) is 11.4 Å². The van der Waals surface area contributed by atoms with Gasteiger partial charge in [0.15, 0.2) is 0 Å². The monoisotopic (exact) mass is 298 g/mol. The molecule has 7 heteroatoms. The van der Waals surface area contributed by atoms with Gasteiger partial charge in [-0.15, -0.1) is 0 Å². The molecule has 1 saturated heterocycles. The number of hydrogen-bond donors (Lipinski definition) is 1. The SMILES string of the molecule is COC(=O)C1CCN(S(=O)(=O)Nc2ccccc2)CC1. The molecule has 1 aliphatic heterocycles. The quantitative estimate of drug-likeness (QED) is 0.848. The molecule has 1 aromatic carbocycles. The van der Waals surface area contributed by atoms with Crippen molar-refractivity contribution >= 4 is 21.9 Å². The van der Waals surface area contributed by atoms with Crippen molar-refractivity contribution in [1.29, 1.82) is 0 Å². The highest BCUT2D eigenvalue weighted by molar-refractivity contribution is 7.90. The Morgan fingerprint density at radius 2 is 1.85 bits per heavy atom. The van der Waals surface area contributed by atoms with Crippen LogP contribution in [0.15, 0.2) is 30.3 Å². The van der Waals surface area contributed by atoms with Crippen molar-refractivity contribution in [3.05, 3.63) is 30.3 Å². The Morgan fingerprint density at radius 1 is 1.25 bits per heavy atom. The van der Waals surface area contributed by atoms with E-state index in [4.69, 9.17) is 0 Å². The van der Waals surface area contributed by atoms with Gasteiger partial charge < -0.3 is 4.74 Å². The number of methoxy groups -OCH3 is 1. The number of rotatable bonds is 4. The first-order valence-corrected chi connectivity index (χ1v) is 7.87. The topological polar surface area (TPSA) is 75.7 Å². The van der Waals surface area contributed by atoms with Crippen LogP contribution in [0, 0.1) is 5.92 Å². The van der Waals surface area contributed by atoms with E-state index in [0.717, 1.165) is 0 Å². The van der Waals surface area contributed by atoms with Crippen molar-refractivity contribution in [2.24, 2.45) is 5.92 Å². The number of carbonyl (C=O) groups is 1. The largest absolute Gasteiger partial charge is 0.469 e. The zero-order valence-electron chi connectivity index (χ0n) is 11.3. The van der Waals surface area contributed by atoms with Crippen LogP contribution < -0.4 is 4.72 Å². The number of ether oxygens (including phenoxy) is 1. The summed E-state index contributed by atoms with van der Waals surface area (Å²) < 4.78 is 33.0. The molecule has 2 rings (SSSR count). The minimum Gasteiger partial charge on any atom is -0.469 e. The first kappa shape index (κ1) is 14.8. The van der Waals surface area contributed by atoms with Crippen LogP contribution in [0.2, 0.25) is 0 Å². The number of anilines is 1. The molecule has 1 aliphatic rings. The highest BCUT2D eigenvalue weighted by Gasteiger charge is 2.31. The third-order valence-electron chi connectivity index (χ3n) is 3.35. The molecule has 110 valence electrons. The van der Waals surface area contributed by atoms with E-state index in [2.05, 4.69) is 9.46 Å². The van der Waals surface area contributed by atoms with Crippen LogP contribution in [-0.2, 0) is 19.7 Å². The Kier molecular flexibility index (Phi) is 4.61. The van der Waals surface area contributed by atoms with E-state index in [-0.39, 0.29) is 11.9 Å². The zero-order chi connectivity index (χ0) is 14.6. The van der Waals surface area contributed by atoms with Crippen molar-refractivity contribution < 1.29 is 17.9 Å². The van der Waals surface area contributed by atoms with Crippen LogP contribution in [0.25, 0.3) is 0 Å². The van der Waals surface area contributed by atoms with Crippen LogP contribution in [0.4, 0.5) is 5.69 Å². The average molecular weight is 298 g/mol. The molecule has 0 saturated carbocycles. The summed E-state index contributed by atoms with van der Waals surface area (Å²) in [4.78, 5) is 11.4. The molecule has 1 fully saturated rings. The van der Waals surface area contributed by atoms with Gasteiger partial charge in [0.2, 0.25) is 0 Å². The van der Waals surface area contributed by atoms with Crippen LogP contribution in [0.3, 0.4) is 0 Å². The minimum atomic E-state index is -3.56. The average Bonchev–Trinajstić information content (AvgIpc) is 2.47. The fraction of sp³-hybridized carbons (Fsp3) is 0.462. The molecular weight excluding hydrogens is 280 g/mol. The van der Waals surface area contributed by atoms with Gasteiger partial charge in [-0.2, -0.15) is 12.7 Å². The van der Waals surface area contributed by atoms with Gasteiger partial charge in [0.1, 0.15) is 0 Å². The Morgan fingerprint density at radius 3 is 2.40 bits per heavy atom. The lowest BCUT2D eigenvalue weighted by molar-refractivity contribution is -0.146. The summed E-state index contributed by atoms with van der Waals surface area (Å²) in [6.45, 7) is 0.643. The van der Waals surface area contributed by atoms with Crippen molar-refractivity contribution in [1.82, 2.24) is 4.31 Å². The number of esters is 1. The van der Waals surface area contributed by atoms with Crippen molar-refractivity contribution in [3.8, 4) is 0 Å². The van der Waals surface area contributed by atoms with Gasteiger partial charge in [-0.3, -0.25) is 9.52 Å². The van der Waals surface area contributed by atoms with E-state index in [1.54, 1.807) is 24.3 Å². The molecule has 0 unspecified atom stereocenters. The highest BCUT2D eigenvalue weighted by Crippen LogP contribution is 2.21. The highest BCUT2D eigenvalue weighted by atomic mass is 32.2. The first-order chi connectivity index (χ1) is 9.53. The number of benzene rings is 1. The molecule has 0 spiro atoms. The molecule has 0 amide bonds. The molecule has 0 aliphatic carbocycles. The first-order valence-electron chi connectivity index (χ1n) is 6.43. The lowest BCUT2D eigenvalue weighted by Gasteiger charge is -2.29. The van der Waals surface area contributed by atoms with Gasteiger partial charge in [0.25, 0.3) is 0 Å². The fourth-order valence-electron chi connectivity index (χ4n) is 2.22. The third-order valence-corrected chi connectivity index (χ3v) is 4.89. The molecule has 0 bridgehead atoms. The van der Waals surface area contributed by atoms with E-state index in [9.17, 15) is 13.2 Å². The molecule has 20 heavy (non-hydrogen) atoms. The number of hydrogen-bond acceptors (Lipinski definition) is 4. The van der Waals surface area contributed by atoms with Gasteiger partial charge in [-0.1, -0.05) is 18.2 Å². The van der Waals surface area contributed by atoms with Crippen LogP contribution in [0.5, 0.6) is 0 Å². The number of piperidine rings is 1. The summed E-state index contributed by atoms with van der Waals surface area (Å²) in [5.41, 5.74) is 0.530. The second-order valence-electron chi connectivity index (χ2n) is 4.67. The van der Waals surface area contributed by atoms with Crippen molar-refractivity contribution in [2.45, 2.75) is 12.8 Å². The fourth-order valence-corrected chi connectivity index (χ4v) is 3.47. The summed E-state index contributed by atoms with van der Waals surface area (Å²) in [6.07, 6.45) is 0.977. The molecule has 0 atom stereocenters. The molecule has 0 aromatic heterocycles. The summed E-state index contributed by atoms with van der Waals surface area (Å²) in [5.74, 6) is -0.471. The summed E-state index contributed by atoms with van der Waals surface area (Å²) in [7, 11) is -2.21. The Labute approximate surface area is 118 Å². The summed E-state index contributed by atoms with van der Waals surface area (Å²) >= 11 is 0. The maximum Gasteiger partial charge on any atom is 0.308 e. The number of nitrogens with one attached hydrogen (secondary N) is 1.